The van der Waals surface area contributed by atoms with Crippen LogP contribution in [0.1, 0.15) is 115 Å². The molecule has 0 radical (unpaired) electrons. The summed E-state index contributed by atoms with van der Waals surface area (Å²) in [6, 6.07) is -7.96. The first-order chi connectivity index (χ1) is 29.2. The normalized spacial score (nSPS) is 16.1. The smallest absolute Gasteiger partial charge is 0.326 e. The van der Waals surface area contributed by atoms with E-state index in [0.717, 1.165) is 0 Å². The molecule has 63 heavy (non-hydrogen) atoms. The zero-order valence-electron chi connectivity index (χ0n) is 39.0. The van der Waals surface area contributed by atoms with Gasteiger partial charge >= 0.3 is 5.97 Å². The summed E-state index contributed by atoms with van der Waals surface area (Å²) in [5.41, 5.74) is 5.61. The lowest BCUT2D eigenvalue weighted by molar-refractivity contribution is -0.144. The van der Waals surface area contributed by atoms with Crippen molar-refractivity contribution in [2.24, 2.45) is 35.3 Å². The Morgan fingerprint density at radius 2 is 1.02 bits per heavy atom. The second-order valence-corrected chi connectivity index (χ2v) is 17.5. The number of nitrogens with two attached hydrogens (primary N) is 1. The van der Waals surface area contributed by atoms with Crippen LogP contribution < -0.4 is 48.3 Å². The van der Waals surface area contributed by atoms with Gasteiger partial charge in [0.1, 0.15) is 24.2 Å². The molecule has 0 rings (SSSR count). The first-order valence-electron chi connectivity index (χ1n) is 21.7. The Hall–Kier alpha value is -5.18. The third-order valence-electron chi connectivity index (χ3n) is 10.4. The van der Waals surface area contributed by atoms with Crippen LogP contribution in [0.4, 0.5) is 0 Å². The van der Waals surface area contributed by atoms with Crippen molar-refractivity contribution in [1.29, 1.82) is 0 Å². The van der Waals surface area contributed by atoms with E-state index in [-0.39, 0.29) is 37.0 Å². The molecule has 0 aromatic carbocycles. The number of carbonyl (C=O) groups is 10. The van der Waals surface area contributed by atoms with Gasteiger partial charge in [-0.2, -0.15) is 0 Å². The van der Waals surface area contributed by atoms with E-state index >= 15 is 0 Å². The Morgan fingerprint density at radius 3 is 1.48 bits per heavy atom. The van der Waals surface area contributed by atoms with Gasteiger partial charge in [0.2, 0.25) is 47.1 Å². The molecule has 10 atom stereocenters. The van der Waals surface area contributed by atoms with E-state index in [4.69, 9.17) is 5.73 Å². The van der Waals surface area contributed by atoms with Crippen LogP contribution in [0.15, 0.2) is 0 Å². The zero-order valence-corrected chi connectivity index (χ0v) is 39.0. The molecule has 21 heteroatoms. The number of rotatable bonds is 29. The number of aliphatic hydroxyl groups is 1. The largest absolute Gasteiger partial charge is 0.480 e. The highest BCUT2D eigenvalue weighted by Gasteiger charge is 2.35. The minimum Gasteiger partial charge on any atom is -0.480 e. The summed E-state index contributed by atoms with van der Waals surface area (Å²) in [4.78, 5) is 129. The van der Waals surface area contributed by atoms with E-state index < -0.39 is 132 Å². The van der Waals surface area contributed by atoms with Crippen molar-refractivity contribution in [3.8, 4) is 0 Å². The third-order valence-corrected chi connectivity index (χ3v) is 10.4. The van der Waals surface area contributed by atoms with Crippen molar-refractivity contribution in [2.45, 2.75) is 164 Å². The molecular formula is C42H75N9O12. The van der Waals surface area contributed by atoms with E-state index in [1.807, 2.05) is 20.8 Å². The van der Waals surface area contributed by atoms with E-state index in [0.29, 0.717) is 12.8 Å². The lowest BCUT2D eigenvalue weighted by Gasteiger charge is -2.28. The van der Waals surface area contributed by atoms with Crippen molar-refractivity contribution in [3.63, 3.8) is 0 Å². The van der Waals surface area contributed by atoms with Crippen molar-refractivity contribution < 1.29 is 58.2 Å². The second-order valence-electron chi connectivity index (χ2n) is 17.5. The van der Waals surface area contributed by atoms with Crippen molar-refractivity contribution in [1.82, 2.24) is 42.5 Å². The predicted octanol–water partition coefficient (Wildman–Crippen LogP) is -1.26. The highest BCUT2D eigenvalue weighted by molar-refractivity contribution is 6.38. The third kappa shape index (κ3) is 21.6. The lowest BCUT2D eigenvalue weighted by Crippen LogP contribution is -2.60. The van der Waals surface area contributed by atoms with Gasteiger partial charge in [-0.1, -0.05) is 82.1 Å². The Balaban J connectivity index is 5.73. The number of carboxylic acids is 1. The number of ketones is 1. The summed E-state index contributed by atoms with van der Waals surface area (Å²) in [7, 11) is 0. The summed E-state index contributed by atoms with van der Waals surface area (Å²) >= 11 is 0. The number of aliphatic carboxylic acids is 1. The molecule has 0 bridgehead atoms. The van der Waals surface area contributed by atoms with Gasteiger partial charge in [-0.05, 0) is 56.3 Å². The van der Waals surface area contributed by atoms with Crippen LogP contribution in [0.5, 0.6) is 0 Å². The Labute approximate surface area is 371 Å². The maximum absolute atomic E-state index is 13.5. The summed E-state index contributed by atoms with van der Waals surface area (Å²) in [6.07, 6.45) is -0.466. The summed E-state index contributed by atoms with van der Waals surface area (Å²) < 4.78 is 0. The summed E-state index contributed by atoms with van der Waals surface area (Å²) in [5.74, 6) is -10.0. The SMILES string of the molecule is CC[C@H](C)[C@H](NC(=O)CNC(=O)[C@H](CC(C)C)NC(=O)[C@H](C)N)C(=O)C(=O)NCC(=O)N[C@H](CC(=O)N[C@@H](CC(C)C)C(=O)N[C@H](C(=O)N[C@H](C(=O)O)C(C)C)[C@@H](C)O)[C@@H](C)CC. The number of Topliss-reactive ketones (excluding diaryl/α,β-unsaturated/α-hetero) is 1. The van der Waals surface area contributed by atoms with Crippen LogP contribution in [-0.2, 0) is 47.9 Å². The minimum absolute atomic E-state index is 0.0112. The van der Waals surface area contributed by atoms with Crippen LogP contribution in [0.25, 0.3) is 0 Å². The van der Waals surface area contributed by atoms with Crippen LogP contribution in [0.2, 0.25) is 0 Å². The van der Waals surface area contributed by atoms with Gasteiger partial charge in [0, 0.05) is 12.5 Å². The maximum atomic E-state index is 13.5. The maximum Gasteiger partial charge on any atom is 0.326 e. The predicted molar refractivity (Wildman–Crippen MR) is 233 cm³/mol. The highest BCUT2D eigenvalue weighted by atomic mass is 16.4. The summed E-state index contributed by atoms with van der Waals surface area (Å²) in [5, 5.41) is 39.6. The summed E-state index contributed by atoms with van der Waals surface area (Å²) in [6.45, 7) is 18.9. The van der Waals surface area contributed by atoms with Crippen molar-refractivity contribution >= 4 is 59.0 Å². The fourth-order valence-corrected chi connectivity index (χ4v) is 6.12. The van der Waals surface area contributed by atoms with E-state index in [1.54, 1.807) is 48.5 Å². The monoisotopic (exact) mass is 898 g/mol. The number of nitrogens with one attached hydrogen (secondary N) is 8. The van der Waals surface area contributed by atoms with Crippen molar-refractivity contribution in [3.05, 3.63) is 0 Å². The molecule has 0 aliphatic heterocycles. The van der Waals surface area contributed by atoms with Crippen molar-refractivity contribution in [2.75, 3.05) is 13.1 Å². The number of hydrogen-bond donors (Lipinski definition) is 11. The number of aliphatic hydroxyl groups excluding tert-OH is 1. The molecule has 12 N–H and O–H groups in total. The molecule has 0 saturated carbocycles. The average Bonchev–Trinajstić information content (AvgIpc) is 3.19. The number of carboxylic acid groups (broad SMARTS) is 1. The van der Waals surface area contributed by atoms with Gasteiger partial charge < -0.3 is 58.5 Å². The quantitative estimate of drug-likeness (QED) is 0.0391. The molecule has 0 unspecified atom stereocenters. The van der Waals surface area contributed by atoms with Crippen LogP contribution >= 0.6 is 0 Å². The zero-order chi connectivity index (χ0) is 48.9. The average molecular weight is 898 g/mol. The molecule has 0 aromatic heterocycles. The van der Waals surface area contributed by atoms with Gasteiger partial charge in [0.05, 0.1) is 31.3 Å². The molecule has 8 amide bonds. The van der Waals surface area contributed by atoms with Gasteiger partial charge in [-0.15, -0.1) is 0 Å². The molecule has 0 heterocycles. The van der Waals surface area contributed by atoms with Crippen LogP contribution in [0, 0.1) is 29.6 Å². The molecule has 360 valence electrons. The second kappa shape index (κ2) is 28.5. The molecular weight excluding hydrogens is 823 g/mol. The van der Waals surface area contributed by atoms with Gasteiger partial charge in [-0.3, -0.25) is 43.2 Å². The van der Waals surface area contributed by atoms with Gasteiger partial charge in [0.15, 0.2) is 0 Å². The standard InChI is InChI=1S/C42H75N9O12/c1-13-23(9)27(17-30(53)47-29(16-21(5)6)39(59)51-35(26(12)52)40(60)50-33(22(7)8)42(62)63)46-31(54)18-45-41(61)36(56)34(24(10)14-2)49-32(55)19-44-38(58)28(15-20(3)4)48-37(57)25(11)43/h20-29,33-35,52H,13-19,43H2,1-12H3,(H,44,58)(H,45,61)(H,46,54)(H,47,53)(H,48,57)(H,49,55)(H,50,60)(H,51,59)(H,62,63)/t23-,24-,25-,26+,27+,28-,29-,33-,34-,35-/m0/s1. The fourth-order valence-electron chi connectivity index (χ4n) is 6.12. The fraction of sp³-hybridized carbons (Fsp3) is 0.762. The lowest BCUT2D eigenvalue weighted by atomic mass is 9.94. The van der Waals surface area contributed by atoms with Crippen LogP contribution in [0.3, 0.4) is 0 Å². The first-order valence-corrected chi connectivity index (χ1v) is 21.7. The Morgan fingerprint density at radius 1 is 0.524 bits per heavy atom. The highest BCUT2D eigenvalue weighted by Crippen LogP contribution is 2.14. The molecule has 0 spiro atoms. The first kappa shape index (κ1) is 57.8. The topological polar surface area (TPSA) is 333 Å². The van der Waals surface area contributed by atoms with E-state index in [2.05, 4.69) is 42.5 Å². The molecule has 21 nitrogen and oxygen atoms in total. The number of carbonyl (C=O) groups excluding carboxylic acids is 9. The Kier molecular flexibility index (Phi) is 26.2. The number of amides is 8. The molecule has 0 fully saturated rings. The van der Waals surface area contributed by atoms with E-state index in [9.17, 15) is 58.2 Å². The van der Waals surface area contributed by atoms with Crippen LogP contribution in [-0.4, -0.2) is 131 Å². The molecule has 0 aromatic rings. The minimum atomic E-state index is -1.54. The molecule has 0 aliphatic carbocycles. The molecule has 0 saturated heterocycles. The number of hydrogen-bond acceptors (Lipinski definition) is 12. The molecule has 0 aliphatic rings. The van der Waals surface area contributed by atoms with Gasteiger partial charge in [-0.25, -0.2) is 4.79 Å². The van der Waals surface area contributed by atoms with E-state index in [1.165, 1.54) is 13.8 Å². The van der Waals surface area contributed by atoms with Gasteiger partial charge in [0.25, 0.3) is 5.91 Å². The Bertz CT molecular complexity index is 1590.